The van der Waals surface area contributed by atoms with Gasteiger partial charge in [-0.3, -0.25) is 53.1 Å². The lowest BCUT2D eigenvalue weighted by Gasteiger charge is -2.44. The van der Waals surface area contributed by atoms with Crippen molar-refractivity contribution in [1.82, 2.24) is 34.8 Å². The molecule has 22 heteroatoms. The summed E-state index contributed by atoms with van der Waals surface area (Å²) in [6.07, 6.45) is 2.98. The highest BCUT2D eigenvalue weighted by atomic mass is 19.3. The number of fused-ring (bicyclic) bond motifs is 1. The van der Waals surface area contributed by atoms with Crippen molar-refractivity contribution in [3.63, 3.8) is 0 Å². The Kier molecular flexibility index (Phi) is 16.7. The standard InChI is InChI=1S/C46H53F2N9O11/c47-46(48)21-31(22-49)57(28-46)40(61)23-51-45(68)33-14-15-50-44-32(33)4-3-5-34(44)52-37(58)12-13-38(59)53-16-18-54(19-17-53)39(60)20-29-8-10-30(11-9-29)24-55(25-41(62)63)35-6-1-2-7-36(35)56(26-42(64)65)27-43(66)67/h3-5,8-11,14-15,31,35-36H,1-2,6-7,12-13,16-21,23-28H2,(H,51,68)(H,52,58)(H,62,63)(H,64,65)(H,66,67)/t31-,35?,36?/m0/s1. The lowest BCUT2D eigenvalue weighted by molar-refractivity contribution is -0.146. The monoisotopic (exact) mass is 945 g/mol. The van der Waals surface area contributed by atoms with Crippen molar-refractivity contribution in [3.05, 3.63) is 71.4 Å². The van der Waals surface area contributed by atoms with Crippen LogP contribution in [0.15, 0.2) is 54.7 Å². The van der Waals surface area contributed by atoms with E-state index >= 15 is 0 Å². The van der Waals surface area contributed by atoms with Crippen LogP contribution in [0, 0.1) is 11.3 Å². The first-order valence-electron chi connectivity index (χ1n) is 22.2. The molecule has 0 radical (unpaired) electrons. The van der Waals surface area contributed by atoms with Gasteiger partial charge >= 0.3 is 17.9 Å². The average Bonchev–Trinajstić information content (AvgIpc) is 3.63. The van der Waals surface area contributed by atoms with E-state index in [0.717, 1.165) is 28.9 Å². The molecule has 1 saturated carbocycles. The van der Waals surface area contributed by atoms with E-state index in [2.05, 4.69) is 15.6 Å². The van der Waals surface area contributed by atoms with Crippen LogP contribution in [-0.4, -0.2) is 175 Å². The number of nitrogens with zero attached hydrogens (tertiary/aromatic N) is 7. The SMILES string of the molecule is N#C[C@@H]1CC(F)(F)CN1C(=O)CNC(=O)c1ccnc2c(NC(=O)CCC(=O)N3CCN(C(=O)Cc4ccc(CN(CC(=O)O)C5CCCCC5N(CC(=O)O)CC(=O)O)cc4)CC3)cccc12. The largest absolute Gasteiger partial charge is 0.480 e. The molecule has 2 aromatic carbocycles. The van der Waals surface area contributed by atoms with Gasteiger partial charge in [0.15, 0.2) is 0 Å². The minimum Gasteiger partial charge on any atom is -0.480 e. The predicted octanol–water partition coefficient (Wildman–Crippen LogP) is 2.03. The van der Waals surface area contributed by atoms with Crippen LogP contribution in [0.3, 0.4) is 0 Å². The first kappa shape index (κ1) is 50.3. The number of aromatic nitrogens is 1. The van der Waals surface area contributed by atoms with Gasteiger partial charge in [0.05, 0.1) is 62.0 Å². The van der Waals surface area contributed by atoms with Gasteiger partial charge in [-0.1, -0.05) is 49.2 Å². The van der Waals surface area contributed by atoms with Crippen molar-refractivity contribution in [2.24, 2.45) is 0 Å². The Morgan fingerprint density at radius 3 is 1.97 bits per heavy atom. The van der Waals surface area contributed by atoms with Crippen LogP contribution in [-0.2, 0) is 46.5 Å². The summed E-state index contributed by atoms with van der Waals surface area (Å²) in [5.74, 6) is -9.08. The Labute approximate surface area is 389 Å². The number of nitriles is 1. The number of carboxylic acids is 3. The number of anilines is 1. The number of para-hydroxylation sites is 1. The van der Waals surface area contributed by atoms with Gasteiger partial charge in [0.2, 0.25) is 23.6 Å². The summed E-state index contributed by atoms with van der Waals surface area (Å²) in [6.45, 7) is -1.55. The molecule has 3 aromatic rings. The summed E-state index contributed by atoms with van der Waals surface area (Å²) in [5, 5.41) is 43.4. The summed E-state index contributed by atoms with van der Waals surface area (Å²) < 4.78 is 27.7. The van der Waals surface area contributed by atoms with E-state index in [1.165, 1.54) is 17.2 Å². The Hall–Kier alpha value is -7.12. The van der Waals surface area contributed by atoms with Crippen molar-refractivity contribution in [2.45, 2.75) is 82.0 Å². The zero-order valence-electron chi connectivity index (χ0n) is 37.2. The van der Waals surface area contributed by atoms with Gasteiger partial charge in [0.25, 0.3) is 11.8 Å². The maximum atomic E-state index is 13.8. The molecular weight excluding hydrogens is 893 g/mol. The van der Waals surface area contributed by atoms with Crippen LogP contribution in [0.5, 0.6) is 0 Å². The van der Waals surface area contributed by atoms with E-state index in [-0.39, 0.29) is 87.1 Å². The minimum absolute atomic E-state index is 0.0817. The first-order chi connectivity index (χ1) is 32.4. The number of halogens is 2. The van der Waals surface area contributed by atoms with Crippen molar-refractivity contribution in [2.75, 3.05) is 64.2 Å². The fraction of sp³-hybridized carbons (Fsp3) is 0.478. The van der Waals surface area contributed by atoms with Crippen LogP contribution < -0.4 is 10.6 Å². The number of hydrogen-bond donors (Lipinski definition) is 5. The summed E-state index contributed by atoms with van der Waals surface area (Å²) >= 11 is 0. The number of carbonyl (C=O) groups is 8. The Balaban J connectivity index is 0.959. The molecule has 1 aromatic heterocycles. The molecule has 0 bridgehead atoms. The predicted molar refractivity (Wildman–Crippen MR) is 237 cm³/mol. The number of piperazine rings is 1. The smallest absolute Gasteiger partial charge is 0.317 e. The van der Waals surface area contributed by atoms with Crippen LogP contribution in [0.25, 0.3) is 10.9 Å². The summed E-state index contributed by atoms with van der Waals surface area (Å²) in [6, 6.07) is 12.8. The molecule has 68 heavy (non-hydrogen) atoms. The highest BCUT2D eigenvalue weighted by Crippen LogP contribution is 2.32. The number of carbonyl (C=O) groups excluding carboxylic acids is 5. The van der Waals surface area contributed by atoms with Gasteiger partial charge in [0, 0.05) is 75.7 Å². The Morgan fingerprint density at radius 1 is 0.765 bits per heavy atom. The molecule has 2 aliphatic heterocycles. The second kappa shape index (κ2) is 22.6. The summed E-state index contributed by atoms with van der Waals surface area (Å²) in [5.41, 5.74) is 2.09. The van der Waals surface area contributed by atoms with Gasteiger partial charge in [-0.15, -0.1) is 0 Å². The number of benzene rings is 2. The maximum absolute atomic E-state index is 13.8. The molecule has 3 fully saturated rings. The molecule has 20 nitrogen and oxygen atoms in total. The third-order valence-corrected chi connectivity index (χ3v) is 12.4. The van der Waals surface area contributed by atoms with Gasteiger partial charge in [-0.25, -0.2) is 8.78 Å². The molecule has 2 saturated heterocycles. The van der Waals surface area contributed by atoms with E-state index in [1.54, 1.807) is 63.2 Å². The second-order valence-corrected chi connectivity index (χ2v) is 17.2. The van der Waals surface area contributed by atoms with Crippen molar-refractivity contribution < 1.29 is 62.5 Å². The molecule has 5 N–H and O–H groups in total. The van der Waals surface area contributed by atoms with Crippen LogP contribution >= 0.6 is 0 Å². The quantitative estimate of drug-likeness (QED) is 0.115. The number of alkyl halides is 2. The normalized spacial score (nSPS) is 19.1. The number of pyridine rings is 1. The number of likely N-dealkylation sites (tertiary alicyclic amines) is 1. The molecule has 6 rings (SSSR count). The zero-order valence-corrected chi connectivity index (χ0v) is 37.2. The van der Waals surface area contributed by atoms with Crippen molar-refractivity contribution in [1.29, 1.82) is 5.26 Å². The lowest BCUT2D eigenvalue weighted by Crippen LogP contribution is -2.56. The van der Waals surface area contributed by atoms with E-state index in [0.29, 0.717) is 18.2 Å². The molecule has 3 aliphatic rings. The number of nitrogens with one attached hydrogen (secondary N) is 2. The van der Waals surface area contributed by atoms with Gasteiger partial charge in [-0.05, 0) is 36.1 Å². The van der Waals surface area contributed by atoms with Crippen molar-refractivity contribution in [3.8, 4) is 6.07 Å². The van der Waals surface area contributed by atoms with E-state index < -0.39 is 92.3 Å². The molecule has 2 unspecified atom stereocenters. The van der Waals surface area contributed by atoms with Crippen molar-refractivity contribution >= 4 is 64.0 Å². The second-order valence-electron chi connectivity index (χ2n) is 17.2. The highest BCUT2D eigenvalue weighted by molar-refractivity contribution is 6.10. The number of carboxylic acid groups (broad SMARTS) is 3. The lowest BCUT2D eigenvalue weighted by atomic mass is 9.87. The zero-order chi connectivity index (χ0) is 49.1. The van der Waals surface area contributed by atoms with Gasteiger partial charge < -0.3 is 40.7 Å². The molecule has 5 amide bonds. The number of rotatable bonds is 19. The average molecular weight is 946 g/mol. The number of amides is 5. The molecular formula is C46H53F2N9O11. The Morgan fingerprint density at radius 2 is 1.35 bits per heavy atom. The maximum Gasteiger partial charge on any atom is 0.317 e. The molecule has 3 atom stereocenters. The summed E-state index contributed by atoms with van der Waals surface area (Å²) in [4.78, 5) is 112. The fourth-order valence-electron chi connectivity index (χ4n) is 9.15. The third kappa shape index (κ3) is 13.3. The molecule has 362 valence electrons. The van der Waals surface area contributed by atoms with Crippen LogP contribution in [0.1, 0.15) is 66.4 Å². The third-order valence-electron chi connectivity index (χ3n) is 12.4. The minimum atomic E-state index is -3.21. The van der Waals surface area contributed by atoms with E-state index in [9.17, 15) is 67.7 Å². The highest BCUT2D eigenvalue weighted by Gasteiger charge is 2.47. The van der Waals surface area contributed by atoms with Gasteiger partial charge in [-0.2, -0.15) is 5.26 Å². The van der Waals surface area contributed by atoms with Crippen LogP contribution in [0.2, 0.25) is 0 Å². The fourth-order valence-corrected chi connectivity index (χ4v) is 9.15. The van der Waals surface area contributed by atoms with E-state index in [4.69, 9.17) is 0 Å². The van der Waals surface area contributed by atoms with Gasteiger partial charge in [0.1, 0.15) is 6.04 Å². The summed E-state index contributed by atoms with van der Waals surface area (Å²) in [7, 11) is 0. The first-order valence-corrected chi connectivity index (χ1v) is 22.2. The van der Waals surface area contributed by atoms with Crippen LogP contribution in [0.4, 0.5) is 14.5 Å². The molecule has 1 aliphatic carbocycles. The topological polar surface area (TPSA) is 274 Å². The number of aliphatic carboxylic acids is 3. The van der Waals surface area contributed by atoms with E-state index in [1.807, 2.05) is 0 Å². The Bertz CT molecular complexity index is 2430. The number of hydrogen-bond acceptors (Lipinski definition) is 12. The molecule has 0 spiro atoms. The molecule has 3 heterocycles.